The van der Waals surface area contributed by atoms with Crippen LogP contribution in [-0.4, -0.2) is 30.5 Å². The number of hydrogen-bond acceptors (Lipinski definition) is 3. The summed E-state index contributed by atoms with van der Waals surface area (Å²) in [5, 5.41) is 0. The first-order valence-electron chi connectivity index (χ1n) is 8.49. The highest BCUT2D eigenvalue weighted by Gasteiger charge is 2.31. The molecular formula is C20H18F3NS2. The van der Waals surface area contributed by atoms with Gasteiger partial charge in [0.2, 0.25) is 0 Å². The van der Waals surface area contributed by atoms with Crippen LogP contribution in [0, 0.1) is 0 Å². The van der Waals surface area contributed by atoms with E-state index in [2.05, 4.69) is 24.1 Å². The van der Waals surface area contributed by atoms with E-state index in [0.717, 1.165) is 47.5 Å². The summed E-state index contributed by atoms with van der Waals surface area (Å²) in [6.07, 6.45) is 1.92. The van der Waals surface area contributed by atoms with Crippen LogP contribution in [-0.2, 0) is 0 Å². The Morgan fingerprint density at radius 1 is 0.962 bits per heavy atom. The maximum Gasteiger partial charge on any atom is 0.446 e. The maximum absolute atomic E-state index is 12.8. The first-order chi connectivity index (χ1) is 12.4. The lowest BCUT2D eigenvalue weighted by Crippen LogP contribution is -2.27. The number of likely N-dealkylation sites (tertiary alicyclic amines) is 1. The zero-order chi connectivity index (χ0) is 18.3. The largest absolute Gasteiger partial charge is 0.446 e. The molecule has 1 fully saturated rings. The van der Waals surface area contributed by atoms with Crippen molar-refractivity contribution in [2.75, 3.05) is 20.1 Å². The number of piperidine rings is 1. The first-order valence-corrected chi connectivity index (χ1v) is 10.1. The zero-order valence-corrected chi connectivity index (χ0v) is 15.9. The normalized spacial score (nSPS) is 17.8. The Morgan fingerprint density at radius 3 is 2.38 bits per heavy atom. The van der Waals surface area contributed by atoms with Gasteiger partial charge in [-0.05, 0) is 72.6 Å². The lowest BCUT2D eigenvalue weighted by Gasteiger charge is -2.30. The molecule has 2 heterocycles. The van der Waals surface area contributed by atoms with E-state index in [1.807, 2.05) is 18.2 Å². The smallest absolute Gasteiger partial charge is 0.306 e. The Bertz CT molecular complexity index is 864. The van der Waals surface area contributed by atoms with Crippen LogP contribution in [0.2, 0.25) is 0 Å². The van der Waals surface area contributed by atoms with Crippen molar-refractivity contribution in [3.63, 3.8) is 0 Å². The lowest BCUT2D eigenvalue weighted by atomic mass is 9.88. The summed E-state index contributed by atoms with van der Waals surface area (Å²) < 4.78 is 38.5. The van der Waals surface area contributed by atoms with Crippen LogP contribution < -0.4 is 0 Å². The number of nitrogens with zero attached hydrogens (tertiary/aromatic N) is 1. The van der Waals surface area contributed by atoms with E-state index in [-0.39, 0.29) is 16.7 Å². The average Bonchev–Trinajstić information content (AvgIpc) is 2.59. The van der Waals surface area contributed by atoms with Crippen molar-refractivity contribution >= 4 is 29.1 Å². The van der Waals surface area contributed by atoms with E-state index in [9.17, 15) is 13.2 Å². The average molecular weight is 393 g/mol. The van der Waals surface area contributed by atoms with Crippen LogP contribution in [0.3, 0.4) is 0 Å². The predicted octanol–water partition coefficient (Wildman–Crippen LogP) is 6.29. The fraction of sp³-hybridized carbons (Fsp3) is 0.300. The molecule has 0 spiro atoms. The molecule has 26 heavy (non-hydrogen) atoms. The lowest BCUT2D eigenvalue weighted by molar-refractivity contribution is -0.0328. The maximum atomic E-state index is 12.8. The van der Waals surface area contributed by atoms with Crippen LogP contribution in [0.5, 0.6) is 0 Å². The number of alkyl halides is 3. The van der Waals surface area contributed by atoms with Crippen molar-refractivity contribution in [2.45, 2.75) is 33.0 Å². The van der Waals surface area contributed by atoms with Crippen molar-refractivity contribution in [1.29, 1.82) is 0 Å². The number of fused-ring (bicyclic) bond motifs is 2. The Morgan fingerprint density at radius 2 is 1.65 bits per heavy atom. The van der Waals surface area contributed by atoms with Gasteiger partial charge in [-0.15, -0.1) is 0 Å². The van der Waals surface area contributed by atoms with E-state index < -0.39 is 5.51 Å². The van der Waals surface area contributed by atoms with Gasteiger partial charge < -0.3 is 4.90 Å². The minimum atomic E-state index is -4.27. The van der Waals surface area contributed by atoms with E-state index in [0.29, 0.717) is 0 Å². The Labute approximate surface area is 159 Å². The van der Waals surface area contributed by atoms with Crippen LogP contribution in [0.15, 0.2) is 62.7 Å². The third-order valence-corrected chi connectivity index (χ3v) is 6.65. The molecule has 1 saturated heterocycles. The molecule has 2 aromatic rings. The molecular weight excluding hydrogens is 375 g/mol. The topological polar surface area (TPSA) is 3.24 Å². The van der Waals surface area contributed by atoms with Gasteiger partial charge in [-0.25, -0.2) is 0 Å². The second kappa shape index (κ2) is 6.98. The van der Waals surface area contributed by atoms with Crippen molar-refractivity contribution in [1.82, 2.24) is 4.90 Å². The Kier molecular flexibility index (Phi) is 4.84. The van der Waals surface area contributed by atoms with Gasteiger partial charge in [-0.3, -0.25) is 0 Å². The molecule has 2 aliphatic rings. The number of halogens is 3. The summed E-state index contributed by atoms with van der Waals surface area (Å²) >= 11 is 1.61. The Hall–Kier alpha value is -1.37. The number of benzene rings is 2. The van der Waals surface area contributed by atoms with Crippen LogP contribution in [0.4, 0.5) is 13.2 Å². The third kappa shape index (κ3) is 3.68. The van der Waals surface area contributed by atoms with Gasteiger partial charge in [-0.1, -0.05) is 35.5 Å². The molecule has 4 rings (SSSR count). The van der Waals surface area contributed by atoms with Gasteiger partial charge in [0.25, 0.3) is 0 Å². The number of hydrogen-bond donors (Lipinski definition) is 0. The summed E-state index contributed by atoms with van der Waals surface area (Å²) in [5.41, 5.74) is 0.328. The monoisotopic (exact) mass is 393 g/mol. The number of thioether (sulfide) groups is 1. The summed E-state index contributed by atoms with van der Waals surface area (Å²) in [6, 6.07) is 13.3. The SMILES string of the molecule is CN1CCC(=C2c3ccccc3Sc3ccc(SC(F)(F)F)cc32)CC1. The molecule has 2 aliphatic heterocycles. The van der Waals surface area contributed by atoms with Crippen LogP contribution in [0.25, 0.3) is 5.57 Å². The molecule has 2 aromatic carbocycles. The van der Waals surface area contributed by atoms with E-state index in [4.69, 9.17) is 0 Å². The van der Waals surface area contributed by atoms with Gasteiger partial charge in [0.15, 0.2) is 0 Å². The fourth-order valence-electron chi connectivity index (χ4n) is 3.54. The summed E-state index contributed by atoms with van der Waals surface area (Å²) in [7, 11) is 2.11. The fourth-order valence-corrected chi connectivity index (χ4v) is 5.19. The molecule has 0 radical (unpaired) electrons. The summed E-state index contributed by atoms with van der Waals surface area (Å²) in [4.78, 5) is 4.77. The second-order valence-corrected chi connectivity index (χ2v) is 8.81. The molecule has 0 aliphatic carbocycles. The van der Waals surface area contributed by atoms with E-state index in [1.54, 1.807) is 23.9 Å². The van der Waals surface area contributed by atoms with Crippen molar-refractivity contribution < 1.29 is 13.2 Å². The zero-order valence-electron chi connectivity index (χ0n) is 14.3. The first kappa shape index (κ1) is 18.0. The quantitative estimate of drug-likeness (QED) is 0.447. The van der Waals surface area contributed by atoms with Crippen molar-refractivity contribution in [3.05, 3.63) is 59.2 Å². The highest BCUT2D eigenvalue weighted by Crippen LogP contribution is 2.49. The highest BCUT2D eigenvalue weighted by molar-refractivity contribution is 8.00. The van der Waals surface area contributed by atoms with Gasteiger partial charge in [0.1, 0.15) is 0 Å². The second-order valence-electron chi connectivity index (χ2n) is 6.59. The molecule has 0 bridgehead atoms. The summed E-state index contributed by atoms with van der Waals surface area (Å²) in [6.45, 7) is 1.97. The molecule has 0 atom stereocenters. The third-order valence-electron chi connectivity index (χ3n) is 4.77. The molecule has 6 heteroatoms. The molecule has 0 saturated carbocycles. The Balaban J connectivity index is 1.85. The van der Waals surface area contributed by atoms with Crippen molar-refractivity contribution in [3.8, 4) is 0 Å². The van der Waals surface area contributed by atoms with E-state index in [1.165, 1.54) is 10.5 Å². The molecule has 0 amide bonds. The predicted molar refractivity (Wildman–Crippen MR) is 102 cm³/mol. The molecule has 0 N–H and O–H groups in total. The van der Waals surface area contributed by atoms with E-state index >= 15 is 0 Å². The van der Waals surface area contributed by atoms with Crippen LogP contribution in [0.1, 0.15) is 24.0 Å². The summed E-state index contributed by atoms with van der Waals surface area (Å²) in [5.74, 6) is 0. The van der Waals surface area contributed by atoms with Gasteiger partial charge in [0.05, 0.1) is 0 Å². The van der Waals surface area contributed by atoms with Crippen LogP contribution >= 0.6 is 23.5 Å². The highest BCUT2D eigenvalue weighted by atomic mass is 32.2. The molecule has 0 unspecified atom stereocenters. The van der Waals surface area contributed by atoms with Gasteiger partial charge in [0, 0.05) is 27.8 Å². The standard InChI is InChI=1S/C20H18F3NS2/c1-24-10-8-13(9-11-24)19-15-4-2-3-5-17(15)25-18-7-6-14(12-16(18)19)26-20(21,22)23/h2-7,12H,8-11H2,1H3. The van der Waals surface area contributed by atoms with Crippen molar-refractivity contribution in [2.24, 2.45) is 0 Å². The minimum absolute atomic E-state index is 0.0361. The number of rotatable bonds is 1. The van der Waals surface area contributed by atoms with Gasteiger partial charge >= 0.3 is 5.51 Å². The molecule has 1 nitrogen and oxygen atoms in total. The molecule has 0 aromatic heterocycles. The molecule has 136 valence electrons. The minimum Gasteiger partial charge on any atom is -0.306 e. The van der Waals surface area contributed by atoms with Gasteiger partial charge in [-0.2, -0.15) is 13.2 Å².